The van der Waals surface area contributed by atoms with Gasteiger partial charge in [0, 0.05) is 14.2 Å². The number of ether oxygens (including phenoxy) is 2. The fraction of sp³-hybridized carbons (Fsp3) is 0.200. The summed E-state index contributed by atoms with van der Waals surface area (Å²) in [6, 6.07) is 28.2. The summed E-state index contributed by atoms with van der Waals surface area (Å²) in [5, 5.41) is 0. The van der Waals surface area contributed by atoms with Gasteiger partial charge in [0.1, 0.15) is 0 Å². The Bertz CT molecular complexity index is 1350. The first kappa shape index (κ1) is 19.0. The third kappa shape index (κ3) is 1.71. The van der Waals surface area contributed by atoms with Gasteiger partial charge in [-0.05, 0) is 23.3 Å². The van der Waals surface area contributed by atoms with Crippen LogP contribution in [0.1, 0.15) is 11.1 Å². The zero-order valence-corrected chi connectivity index (χ0v) is 17.6. The van der Waals surface area contributed by atoms with Crippen LogP contribution >= 0.6 is 0 Å². The van der Waals surface area contributed by atoms with E-state index in [0.29, 0.717) is 5.69 Å². The molecule has 0 bridgehead atoms. The van der Waals surface area contributed by atoms with Crippen LogP contribution in [0.15, 0.2) is 101 Å². The van der Waals surface area contributed by atoms with Crippen LogP contribution in [-0.2, 0) is 20.6 Å². The summed E-state index contributed by atoms with van der Waals surface area (Å²) < 4.78 is 16.3. The van der Waals surface area contributed by atoms with Gasteiger partial charge >= 0.3 is 11.4 Å². The van der Waals surface area contributed by atoms with Crippen LogP contribution in [0, 0.1) is 0 Å². The number of aromatic nitrogens is 3. The van der Waals surface area contributed by atoms with Gasteiger partial charge in [-0.25, -0.2) is 23.5 Å². The molecular weight excluding hydrogens is 406 g/mol. The van der Waals surface area contributed by atoms with Gasteiger partial charge < -0.3 is 9.47 Å². The number of hydrogen-bond donors (Lipinski definition) is 0. The third-order valence-electron chi connectivity index (χ3n) is 6.97. The average Bonchev–Trinajstić information content (AvgIpc) is 3.19. The predicted octanol–water partition coefficient (Wildman–Crippen LogP) is 2.30. The lowest BCUT2D eigenvalue weighted by molar-refractivity contribution is -0.153. The summed E-state index contributed by atoms with van der Waals surface area (Å²) in [6.07, 6.45) is 0. The zero-order valence-electron chi connectivity index (χ0n) is 17.6. The molecule has 160 valence electrons. The van der Waals surface area contributed by atoms with E-state index in [4.69, 9.17) is 9.47 Å². The van der Waals surface area contributed by atoms with Crippen molar-refractivity contribution in [2.24, 2.45) is 0 Å². The van der Waals surface area contributed by atoms with Crippen molar-refractivity contribution in [1.29, 1.82) is 0 Å². The highest BCUT2D eigenvalue weighted by Gasteiger charge is 3.01. The van der Waals surface area contributed by atoms with Crippen LogP contribution in [0.2, 0.25) is 0 Å². The summed E-state index contributed by atoms with van der Waals surface area (Å²) in [4.78, 5) is 27.5. The summed E-state index contributed by atoms with van der Waals surface area (Å²) in [5.41, 5.74) is -0.770. The zero-order chi connectivity index (χ0) is 22.1. The molecule has 1 saturated carbocycles. The largest absolute Gasteiger partial charge is 0.353 e. The first-order chi connectivity index (χ1) is 15.6. The van der Waals surface area contributed by atoms with Gasteiger partial charge in [-0.2, -0.15) is 0 Å². The number of para-hydroxylation sites is 1. The minimum Gasteiger partial charge on any atom is -0.348 e. The Morgan fingerprint density at radius 3 is 1.34 bits per heavy atom. The number of methoxy groups -OCH3 is 2. The van der Waals surface area contributed by atoms with Gasteiger partial charge in [0.2, 0.25) is 5.79 Å². The van der Waals surface area contributed by atoms with Crippen molar-refractivity contribution in [3.8, 4) is 5.69 Å². The minimum atomic E-state index is -1.27. The van der Waals surface area contributed by atoms with Crippen LogP contribution in [0.3, 0.4) is 0 Å². The molecule has 0 radical (unpaired) electrons. The Morgan fingerprint density at radius 1 is 0.594 bits per heavy atom. The lowest BCUT2D eigenvalue weighted by Crippen LogP contribution is -2.56. The summed E-state index contributed by atoms with van der Waals surface area (Å²) >= 11 is 0. The minimum absolute atomic E-state index is 0.437. The molecule has 7 nitrogen and oxygen atoms in total. The van der Waals surface area contributed by atoms with Crippen molar-refractivity contribution in [3.05, 3.63) is 123 Å². The van der Waals surface area contributed by atoms with E-state index in [2.05, 4.69) is 0 Å². The lowest BCUT2D eigenvalue weighted by Gasteiger charge is -2.36. The van der Waals surface area contributed by atoms with E-state index in [1.165, 1.54) is 13.9 Å². The standard InChI is InChI=1S/C25H21N3O4/c1-31-25(32-2)23(18-12-6-3-7-13-18)24(25,19-14-8-4-9-15-19)28-22(30)26(21(29)27(23)28)20-16-10-5-11-17-20/h3-17H,1-2H3. The van der Waals surface area contributed by atoms with E-state index in [0.717, 1.165) is 11.1 Å². The molecule has 6 rings (SSSR count). The second-order valence-electron chi connectivity index (χ2n) is 8.04. The fourth-order valence-corrected chi connectivity index (χ4v) is 5.92. The Kier molecular flexibility index (Phi) is 3.68. The highest BCUT2D eigenvalue weighted by molar-refractivity contribution is 5.61. The van der Waals surface area contributed by atoms with Gasteiger partial charge in [0.15, 0.2) is 11.1 Å². The van der Waals surface area contributed by atoms with Crippen LogP contribution in [0.4, 0.5) is 0 Å². The molecule has 2 aliphatic rings. The van der Waals surface area contributed by atoms with Gasteiger partial charge in [0.25, 0.3) is 0 Å². The van der Waals surface area contributed by atoms with E-state index < -0.39 is 28.2 Å². The van der Waals surface area contributed by atoms with E-state index in [1.807, 2.05) is 66.7 Å². The molecule has 2 heterocycles. The molecule has 1 aliphatic heterocycles. The maximum absolute atomic E-state index is 13.8. The molecule has 32 heavy (non-hydrogen) atoms. The molecule has 4 aromatic rings. The Hall–Kier alpha value is -3.68. The molecule has 0 saturated heterocycles. The molecule has 0 amide bonds. The van der Waals surface area contributed by atoms with E-state index >= 15 is 0 Å². The van der Waals surface area contributed by atoms with Crippen LogP contribution < -0.4 is 11.4 Å². The van der Waals surface area contributed by atoms with Gasteiger partial charge in [-0.15, -0.1) is 0 Å². The molecule has 3 aromatic carbocycles. The van der Waals surface area contributed by atoms with Crippen LogP contribution in [-0.4, -0.2) is 33.9 Å². The lowest BCUT2D eigenvalue weighted by atomic mass is 9.91. The fourth-order valence-electron chi connectivity index (χ4n) is 5.92. The number of rotatable bonds is 5. The monoisotopic (exact) mass is 427 g/mol. The first-order valence-corrected chi connectivity index (χ1v) is 10.4. The summed E-state index contributed by atoms with van der Waals surface area (Å²) in [5.74, 6) is -1.27. The molecule has 0 spiro atoms. The van der Waals surface area contributed by atoms with E-state index in [1.54, 1.807) is 38.5 Å². The van der Waals surface area contributed by atoms with E-state index in [9.17, 15) is 9.59 Å². The highest BCUT2D eigenvalue weighted by atomic mass is 16.7. The third-order valence-corrected chi connectivity index (χ3v) is 6.97. The summed E-state index contributed by atoms with van der Waals surface area (Å²) in [7, 11) is 3.11. The van der Waals surface area contributed by atoms with Gasteiger partial charge in [0.05, 0.1) is 5.69 Å². The molecule has 0 N–H and O–H groups in total. The molecule has 1 aliphatic carbocycles. The smallest absolute Gasteiger partial charge is 0.348 e. The second-order valence-corrected chi connectivity index (χ2v) is 8.04. The number of fused-ring (bicyclic) bond motifs is 4. The van der Waals surface area contributed by atoms with Crippen molar-refractivity contribution in [3.63, 3.8) is 0 Å². The molecule has 1 aromatic heterocycles. The number of nitrogens with zero attached hydrogens (tertiary/aromatic N) is 3. The van der Waals surface area contributed by atoms with Crippen LogP contribution in [0.25, 0.3) is 5.69 Å². The van der Waals surface area contributed by atoms with Gasteiger partial charge in [-0.1, -0.05) is 78.9 Å². The normalized spacial score (nSPS) is 24.3. The molecule has 1 fully saturated rings. The maximum Gasteiger partial charge on any atom is 0.353 e. The summed E-state index contributed by atoms with van der Waals surface area (Å²) in [6.45, 7) is 0. The highest BCUT2D eigenvalue weighted by Crippen LogP contribution is 2.79. The average molecular weight is 427 g/mol. The topological polar surface area (TPSA) is 67.4 Å². The number of hydrogen-bond acceptors (Lipinski definition) is 4. The van der Waals surface area contributed by atoms with Crippen molar-refractivity contribution in [2.45, 2.75) is 16.9 Å². The Labute approximate surface area is 183 Å². The predicted molar refractivity (Wildman–Crippen MR) is 118 cm³/mol. The first-order valence-electron chi connectivity index (χ1n) is 10.4. The maximum atomic E-state index is 13.8. The SMILES string of the molecule is COC1(OC)C2(c3ccccc3)n3c(=O)n(-c4ccccc4)c(=O)n3C12c1ccccc1. The van der Waals surface area contributed by atoms with Crippen LogP contribution in [0.5, 0.6) is 0 Å². The Balaban J connectivity index is 1.77. The molecular formula is C25H21N3O4. The van der Waals surface area contributed by atoms with Crippen molar-refractivity contribution >= 4 is 0 Å². The molecule has 7 heteroatoms. The van der Waals surface area contributed by atoms with Crippen molar-refractivity contribution in [1.82, 2.24) is 13.9 Å². The van der Waals surface area contributed by atoms with E-state index in [-0.39, 0.29) is 0 Å². The van der Waals surface area contributed by atoms with Crippen molar-refractivity contribution < 1.29 is 9.47 Å². The van der Waals surface area contributed by atoms with Crippen molar-refractivity contribution in [2.75, 3.05) is 14.2 Å². The second kappa shape index (κ2) is 6.18. The molecule has 2 unspecified atom stereocenters. The quantitative estimate of drug-likeness (QED) is 0.459. The number of benzene rings is 3. The Morgan fingerprint density at radius 2 is 0.969 bits per heavy atom. The van der Waals surface area contributed by atoms with Gasteiger partial charge in [-0.3, -0.25) is 0 Å². The molecule has 2 atom stereocenters.